The van der Waals surface area contributed by atoms with Gasteiger partial charge in [0.15, 0.2) is 5.75 Å². The maximum atomic E-state index is 13.1. The van der Waals surface area contributed by atoms with Crippen molar-refractivity contribution in [1.29, 1.82) is 0 Å². The number of phenolic OH excluding ortho intramolecular Hbond substituents is 1. The van der Waals surface area contributed by atoms with Gasteiger partial charge in [-0.3, -0.25) is 4.98 Å². The molecule has 2 heterocycles. The summed E-state index contributed by atoms with van der Waals surface area (Å²) in [4.78, 5) is 4.45. The lowest BCUT2D eigenvalue weighted by Gasteiger charge is -2.12. The van der Waals surface area contributed by atoms with Crippen molar-refractivity contribution in [2.45, 2.75) is 13.3 Å². The van der Waals surface area contributed by atoms with Gasteiger partial charge in [-0.1, -0.05) is 18.7 Å². The number of phenols is 1. The highest BCUT2D eigenvalue weighted by Crippen LogP contribution is 2.44. The molecule has 0 radical (unpaired) electrons. The van der Waals surface area contributed by atoms with Crippen molar-refractivity contribution < 1.29 is 14.6 Å². The van der Waals surface area contributed by atoms with Gasteiger partial charge in [-0.25, -0.2) is 4.39 Å². The molecule has 0 saturated carbocycles. The molecule has 4 aromatic rings. The lowest BCUT2D eigenvalue weighted by molar-refractivity contribution is 0.432. The molecule has 0 amide bonds. The van der Waals surface area contributed by atoms with Gasteiger partial charge >= 0.3 is 0 Å². The molecule has 5 heteroatoms. The zero-order chi connectivity index (χ0) is 19.3. The first-order valence-corrected chi connectivity index (χ1v) is 8.58. The summed E-state index contributed by atoms with van der Waals surface area (Å²) in [6, 6.07) is 8.33. The van der Waals surface area contributed by atoms with Crippen LogP contribution in [0.2, 0.25) is 0 Å². The molecule has 2 N–H and O–H groups in total. The maximum Gasteiger partial charge on any atom is 0.202 e. The minimum absolute atomic E-state index is 0.0101. The average Bonchev–Trinajstić information content (AvgIpc) is 2.91. The number of hydrogen-bond donors (Lipinski definition) is 2. The quantitative estimate of drug-likeness (QED) is 0.545. The van der Waals surface area contributed by atoms with E-state index in [1.54, 1.807) is 36.1 Å². The lowest BCUT2D eigenvalue weighted by atomic mass is 9.95. The summed E-state index contributed by atoms with van der Waals surface area (Å²) in [5.41, 5.74) is 4.00. The van der Waals surface area contributed by atoms with E-state index in [9.17, 15) is 14.6 Å². The normalized spacial score (nSPS) is 11.4. The van der Waals surface area contributed by atoms with Gasteiger partial charge in [0.1, 0.15) is 11.3 Å². The molecule has 0 aliphatic heterocycles. The van der Waals surface area contributed by atoms with E-state index in [0.717, 1.165) is 33.0 Å². The van der Waals surface area contributed by atoms with Gasteiger partial charge in [0.05, 0.1) is 5.39 Å². The van der Waals surface area contributed by atoms with E-state index in [-0.39, 0.29) is 17.4 Å². The first kappa shape index (κ1) is 17.1. The van der Waals surface area contributed by atoms with Gasteiger partial charge in [-0.2, -0.15) is 0 Å². The molecule has 0 saturated heterocycles. The molecule has 0 spiro atoms. The molecule has 136 valence electrons. The maximum absolute atomic E-state index is 13.1. The standard InChI is InChI=1S/C22H19FN2O2/c1-12(2)18-16-9-14(8-13-4-6-15(23)7-5-13)10-24-20(16)21(26)19-17(18)11-25(3)22(19)27/h4-7,9-11,26-27H,1,8H2,2-3H3. The molecule has 2 aromatic heterocycles. The molecule has 2 aromatic carbocycles. The Labute approximate surface area is 155 Å². The number of halogens is 1. The van der Waals surface area contributed by atoms with Crippen LogP contribution in [0.3, 0.4) is 0 Å². The zero-order valence-electron chi connectivity index (χ0n) is 15.1. The second-order valence-corrected chi connectivity index (χ2v) is 6.90. The lowest BCUT2D eigenvalue weighted by Crippen LogP contribution is -1.94. The van der Waals surface area contributed by atoms with Crippen molar-refractivity contribution in [3.05, 3.63) is 71.8 Å². The molecule has 4 rings (SSSR count). The summed E-state index contributed by atoms with van der Waals surface area (Å²) in [5.74, 6) is -0.323. The third-order valence-corrected chi connectivity index (χ3v) is 4.84. The van der Waals surface area contributed by atoms with E-state index in [0.29, 0.717) is 17.3 Å². The van der Waals surface area contributed by atoms with Crippen molar-refractivity contribution in [1.82, 2.24) is 9.55 Å². The summed E-state index contributed by atoms with van der Waals surface area (Å²) < 4.78 is 14.7. The van der Waals surface area contributed by atoms with Crippen molar-refractivity contribution in [3.63, 3.8) is 0 Å². The highest BCUT2D eigenvalue weighted by molar-refractivity contribution is 6.13. The van der Waals surface area contributed by atoms with E-state index in [1.807, 2.05) is 13.0 Å². The second kappa shape index (κ2) is 6.13. The van der Waals surface area contributed by atoms with Crippen LogP contribution in [-0.2, 0) is 13.5 Å². The number of pyridine rings is 1. The summed E-state index contributed by atoms with van der Waals surface area (Å²) >= 11 is 0. The Bertz CT molecular complexity index is 1210. The van der Waals surface area contributed by atoms with E-state index in [4.69, 9.17) is 0 Å². The fourth-order valence-corrected chi connectivity index (χ4v) is 3.58. The van der Waals surface area contributed by atoms with Crippen LogP contribution in [0.15, 0.2) is 49.3 Å². The second-order valence-electron chi connectivity index (χ2n) is 6.90. The molecule has 0 aliphatic rings. The smallest absolute Gasteiger partial charge is 0.202 e. The van der Waals surface area contributed by atoms with Crippen LogP contribution < -0.4 is 0 Å². The van der Waals surface area contributed by atoms with Gasteiger partial charge in [-0.15, -0.1) is 0 Å². The highest BCUT2D eigenvalue weighted by Gasteiger charge is 2.20. The van der Waals surface area contributed by atoms with Crippen LogP contribution >= 0.6 is 0 Å². The minimum atomic E-state index is -0.267. The Morgan fingerprint density at radius 1 is 1.15 bits per heavy atom. The number of hydrogen-bond acceptors (Lipinski definition) is 3. The summed E-state index contributed by atoms with van der Waals surface area (Å²) in [5, 5.41) is 22.9. The van der Waals surface area contributed by atoms with Gasteiger partial charge in [-0.05, 0) is 53.8 Å². The van der Waals surface area contributed by atoms with E-state index >= 15 is 0 Å². The number of aryl methyl sites for hydroxylation is 1. The van der Waals surface area contributed by atoms with Crippen LogP contribution in [0.4, 0.5) is 4.39 Å². The Kier molecular flexibility index (Phi) is 3.88. The Morgan fingerprint density at radius 3 is 2.52 bits per heavy atom. The molecule has 0 atom stereocenters. The molecule has 0 fully saturated rings. The van der Waals surface area contributed by atoms with Crippen molar-refractivity contribution >= 4 is 27.2 Å². The number of rotatable bonds is 3. The fraction of sp³-hybridized carbons (Fsp3) is 0.136. The molecular weight excluding hydrogens is 343 g/mol. The van der Waals surface area contributed by atoms with Crippen LogP contribution in [0, 0.1) is 5.82 Å². The molecular formula is C22H19FN2O2. The number of aromatic nitrogens is 2. The molecule has 0 unspecified atom stereocenters. The van der Waals surface area contributed by atoms with Crippen LogP contribution in [-0.4, -0.2) is 19.8 Å². The number of fused-ring (bicyclic) bond motifs is 2. The molecule has 4 nitrogen and oxygen atoms in total. The third-order valence-electron chi connectivity index (χ3n) is 4.84. The number of benzene rings is 2. The Morgan fingerprint density at radius 2 is 1.85 bits per heavy atom. The average molecular weight is 362 g/mol. The van der Waals surface area contributed by atoms with E-state index in [2.05, 4.69) is 11.6 Å². The Balaban J connectivity index is 1.97. The van der Waals surface area contributed by atoms with Crippen LogP contribution in [0.1, 0.15) is 23.6 Å². The Hall–Kier alpha value is -3.34. The summed E-state index contributed by atoms with van der Waals surface area (Å²) in [7, 11) is 1.72. The number of nitrogens with zero attached hydrogens (tertiary/aromatic N) is 2. The first-order valence-electron chi connectivity index (χ1n) is 8.58. The predicted molar refractivity (Wildman–Crippen MR) is 105 cm³/mol. The van der Waals surface area contributed by atoms with Crippen molar-refractivity contribution in [2.75, 3.05) is 0 Å². The van der Waals surface area contributed by atoms with E-state index in [1.165, 1.54) is 12.1 Å². The largest absolute Gasteiger partial charge is 0.505 e. The topological polar surface area (TPSA) is 58.3 Å². The summed E-state index contributed by atoms with van der Waals surface area (Å²) in [6.07, 6.45) is 4.07. The van der Waals surface area contributed by atoms with Crippen molar-refractivity contribution in [2.24, 2.45) is 7.05 Å². The van der Waals surface area contributed by atoms with Crippen molar-refractivity contribution in [3.8, 4) is 11.6 Å². The highest BCUT2D eigenvalue weighted by atomic mass is 19.1. The van der Waals surface area contributed by atoms with E-state index < -0.39 is 0 Å². The molecule has 0 aliphatic carbocycles. The predicted octanol–water partition coefficient (Wildman–Crippen LogP) is 4.90. The SMILES string of the molecule is C=C(C)c1c2cc(Cc3ccc(F)cc3)cnc2c(O)c2c(O)n(C)cc12. The molecule has 0 bridgehead atoms. The third kappa shape index (κ3) is 2.72. The number of allylic oxidation sites excluding steroid dienone is 1. The fourth-order valence-electron chi connectivity index (χ4n) is 3.58. The van der Waals surface area contributed by atoms with Gasteiger partial charge < -0.3 is 14.8 Å². The van der Waals surface area contributed by atoms with Gasteiger partial charge in [0, 0.05) is 30.2 Å². The monoisotopic (exact) mass is 362 g/mol. The molecule has 27 heavy (non-hydrogen) atoms. The van der Waals surface area contributed by atoms with Crippen LogP contribution in [0.5, 0.6) is 11.6 Å². The summed E-state index contributed by atoms with van der Waals surface area (Å²) in [6.45, 7) is 5.97. The minimum Gasteiger partial charge on any atom is -0.505 e. The number of aromatic hydroxyl groups is 2. The first-order chi connectivity index (χ1) is 12.9. The van der Waals surface area contributed by atoms with Gasteiger partial charge in [0.2, 0.25) is 5.88 Å². The van der Waals surface area contributed by atoms with Crippen LogP contribution in [0.25, 0.3) is 27.2 Å². The zero-order valence-corrected chi connectivity index (χ0v) is 15.1. The van der Waals surface area contributed by atoms with Gasteiger partial charge in [0.25, 0.3) is 0 Å².